The molecule has 34 heavy (non-hydrogen) atoms. The number of alkyl halides is 2. The van der Waals surface area contributed by atoms with E-state index in [0.717, 1.165) is 10.6 Å². The number of carbonyl (C=O) groups excluding carboxylic acids is 1. The standard InChI is InChI=1S/C21H37F2N5O5S/c1-15(2)6-7-27(13-18(22)23)19-10-16(21(29)25-12-17(24)14-33-4)11-20(26-19)28(8-9-32-3)34(5,30)31/h10-11,15,17-18H,6-9,12-14,24H2,1-5H3,(H,25,29). The first kappa shape index (κ1) is 29.9. The highest BCUT2D eigenvalue weighted by Gasteiger charge is 2.24. The lowest BCUT2D eigenvalue weighted by Crippen LogP contribution is -2.40. The maximum atomic E-state index is 13.4. The van der Waals surface area contributed by atoms with Gasteiger partial charge in [-0.3, -0.25) is 9.10 Å². The molecule has 0 aliphatic rings. The minimum absolute atomic E-state index is 0.0628. The Hall–Kier alpha value is -2.09. The number of aromatic nitrogens is 1. The number of hydrogen-bond acceptors (Lipinski definition) is 8. The van der Waals surface area contributed by atoms with E-state index in [0.29, 0.717) is 6.42 Å². The highest BCUT2D eigenvalue weighted by Crippen LogP contribution is 2.24. The average Bonchev–Trinajstić information content (AvgIpc) is 2.74. The van der Waals surface area contributed by atoms with Gasteiger partial charge < -0.3 is 25.4 Å². The second kappa shape index (κ2) is 14.3. The van der Waals surface area contributed by atoms with Crippen LogP contribution in [0, 0.1) is 5.92 Å². The van der Waals surface area contributed by atoms with Crippen molar-refractivity contribution in [2.45, 2.75) is 32.7 Å². The zero-order valence-corrected chi connectivity index (χ0v) is 21.3. The van der Waals surface area contributed by atoms with Crippen LogP contribution in [-0.2, 0) is 19.5 Å². The summed E-state index contributed by atoms with van der Waals surface area (Å²) < 4.78 is 62.5. The molecule has 196 valence electrons. The number of nitrogens with two attached hydrogens (primary N) is 1. The minimum Gasteiger partial charge on any atom is -0.383 e. The van der Waals surface area contributed by atoms with Crippen molar-refractivity contribution in [1.29, 1.82) is 0 Å². The largest absolute Gasteiger partial charge is 0.383 e. The van der Waals surface area contributed by atoms with Crippen LogP contribution >= 0.6 is 0 Å². The molecule has 1 aromatic heterocycles. The highest BCUT2D eigenvalue weighted by atomic mass is 32.2. The second-order valence-electron chi connectivity index (χ2n) is 8.35. The van der Waals surface area contributed by atoms with E-state index in [-0.39, 0.29) is 56.0 Å². The Bertz CT molecular complexity index is 873. The van der Waals surface area contributed by atoms with Gasteiger partial charge in [0.25, 0.3) is 12.3 Å². The summed E-state index contributed by atoms with van der Waals surface area (Å²) in [5, 5.41) is 2.66. The van der Waals surface area contributed by atoms with Crippen LogP contribution in [0.1, 0.15) is 30.6 Å². The molecule has 1 atom stereocenters. The SMILES string of the molecule is COCCN(c1cc(C(=O)NCC(N)COC)cc(N(CCC(C)C)CC(F)F)n1)S(C)(=O)=O. The number of anilines is 2. The quantitative estimate of drug-likeness (QED) is 0.342. The first-order valence-electron chi connectivity index (χ1n) is 10.9. The molecular formula is C21H37F2N5O5S. The Morgan fingerprint density at radius 2 is 1.82 bits per heavy atom. The third kappa shape index (κ3) is 10.5. The Balaban J connectivity index is 3.48. The van der Waals surface area contributed by atoms with Crippen molar-refractivity contribution in [3.05, 3.63) is 17.7 Å². The molecule has 1 unspecified atom stereocenters. The van der Waals surface area contributed by atoms with E-state index in [1.165, 1.54) is 31.3 Å². The predicted octanol–water partition coefficient (Wildman–Crippen LogP) is 1.32. The second-order valence-corrected chi connectivity index (χ2v) is 10.3. The van der Waals surface area contributed by atoms with Crippen molar-refractivity contribution in [3.8, 4) is 0 Å². The number of carbonyl (C=O) groups is 1. The van der Waals surface area contributed by atoms with Gasteiger partial charge in [-0.25, -0.2) is 22.2 Å². The van der Waals surface area contributed by atoms with E-state index in [9.17, 15) is 22.0 Å². The lowest BCUT2D eigenvalue weighted by molar-refractivity contribution is 0.0943. The van der Waals surface area contributed by atoms with Crippen LogP contribution in [0.15, 0.2) is 12.1 Å². The topological polar surface area (TPSA) is 127 Å². The van der Waals surface area contributed by atoms with E-state index >= 15 is 0 Å². The number of nitrogens with one attached hydrogen (secondary N) is 1. The molecule has 1 amide bonds. The summed E-state index contributed by atoms with van der Waals surface area (Å²) in [6, 6.07) is 2.23. The van der Waals surface area contributed by atoms with Gasteiger partial charge >= 0.3 is 0 Å². The van der Waals surface area contributed by atoms with Crippen molar-refractivity contribution in [2.24, 2.45) is 11.7 Å². The minimum atomic E-state index is -3.80. The fraction of sp³-hybridized carbons (Fsp3) is 0.714. The van der Waals surface area contributed by atoms with E-state index in [2.05, 4.69) is 10.3 Å². The molecule has 0 bridgehead atoms. The molecule has 1 aromatic rings. The molecule has 13 heteroatoms. The molecule has 10 nitrogen and oxygen atoms in total. The van der Waals surface area contributed by atoms with Crippen molar-refractivity contribution in [3.63, 3.8) is 0 Å². The maximum Gasteiger partial charge on any atom is 0.255 e. The van der Waals surface area contributed by atoms with Gasteiger partial charge in [0.15, 0.2) is 0 Å². The van der Waals surface area contributed by atoms with E-state index in [1.54, 1.807) is 0 Å². The number of nitrogens with zero attached hydrogens (tertiary/aromatic N) is 3. The molecule has 1 heterocycles. The monoisotopic (exact) mass is 509 g/mol. The zero-order valence-electron chi connectivity index (χ0n) is 20.5. The first-order valence-corrected chi connectivity index (χ1v) is 12.8. The van der Waals surface area contributed by atoms with Crippen LogP contribution in [0.4, 0.5) is 20.4 Å². The van der Waals surface area contributed by atoms with Gasteiger partial charge in [-0.15, -0.1) is 0 Å². The molecule has 3 N–H and O–H groups in total. The van der Waals surface area contributed by atoms with Gasteiger partial charge in [0, 0.05) is 38.9 Å². The number of rotatable bonds is 16. The number of pyridine rings is 1. The molecule has 0 aliphatic carbocycles. The van der Waals surface area contributed by atoms with Gasteiger partial charge in [0.2, 0.25) is 10.0 Å². The summed E-state index contributed by atoms with van der Waals surface area (Å²) in [7, 11) is -0.898. The molecule has 0 saturated heterocycles. The van der Waals surface area contributed by atoms with E-state index in [1.807, 2.05) is 13.8 Å². The molecule has 0 aromatic carbocycles. The number of methoxy groups -OCH3 is 2. The Kier molecular flexibility index (Phi) is 12.6. The molecule has 1 rings (SSSR count). The summed E-state index contributed by atoms with van der Waals surface area (Å²) in [5.74, 6) is -0.289. The van der Waals surface area contributed by atoms with Crippen LogP contribution in [0.5, 0.6) is 0 Å². The highest BCUT2D eigenvalue weighted by molar-refractivity contribution is 7.92. The third-order valence-corrected chi connectivity index (χ3v) is 5.95. The van der Waals surface area contributed by atoms with Crippen LogP contribution < -0.4 is 20.3 Å². The van der Waals surface area contributed by atoms with Crippen LogP contribution in [0.2, 0.25) is 0 Å². The number of amides is 1. The van der Waals surface area contributed by atoms with Crippen molar-refractivity contribution >= 4 is 27.6 Å². The third-order valence-electron chi connectivity index (χ3n) is 4.78. The molecule has 0 radical (unpaired) electrons. The van der Waals surface area contributed by atoms with Gasteiger partial charge in [-0.05, 0) is 24.5 Å². The first-order chi connectivity index (χ1) is 15.9. The summed E-state index contributed by atoms with van der Waals surface area (Å²) in [6.07, 6.45) is -1.05. The van der Waals surface area contributed by atoms with Gasteiger partial charge in [0.05, 0.1) is 32.6 Å². The van der Waals surface area contributed by atoms with E-state index < -0.39 is 34.9 Å². The number of sulfonamides is 1. The van der Waals surface area contributed by atoms with Gasteiger partial charge in [-0.1, -0.05) is 13.8 Å². The Morgan fingerprint density at radius 3 is 2.35 bits per heavy atom. The Morgan fingerprint density at radius 1 is 1.18 bits per heavy atom. The Labute approximate surface area is 200 Å². The predicted molar refractivity (Wildman–Crippen MR) is 128 cm³/mol. The normalized spacial score (nSPS) is 12.8. The van der Waals surface area contributed by atoms with Crippen LogP contribution in [0.25, 0.3) is 0 Å². The summed E-state index contributed by atoms with van der Waals surface area (Å²) >= 11 is 0. The van der Waals surface area contributed by atoms with Crippen LogP contribution in [0.3, 0.4) is 0 Å². The fourth-order valence-corrected chi connectivity index (χ4v) is 3.87. The average molecular weight is 510 g/mol. The number of hydrogen-bond donors (Lipinski definition) is 2. The zero-order chi connectivity index (χ0) is 25.9. The number of ether oxygens (including phenoxy) is 2. The van der Waals surface area contributed by atoms with Crippen molar-refractivity contribution in [2.75, 3.05) is 69.1 Å². The molecular weight excluding hydrogens is 472 g/mol. The molecule has 0 fully saturated rings. The van der Waals surface area contributed by atoms with Gasteiger partial charge in [0.1, 0.15) is 11.6 Å². The summed E-state index contributed by atoms with van der Waals surface area (Å²) in [4.78, 5) is 18.6. The van der Waals surface area contributed by atoms with Crippen molar-refractivity contribution in [1.82, 2.24) is 10.3 Å². The van der Waals surface area contributed by atoms with E-state index in [4.69, 9.17) is 15.2 Å². The molecule has 0 aliphatic heterocycles. The summed E-state index contributed by atoms with van der Waals surface area (Å²) in [6.45, 7) is 3.91. The fourth-order valence-electron chi connectivity index (χ4n) is 3.03. The summed E-state index contributed by atoms with van der Waals surface area (Å²) in [5.41, 5.74) is 5.93. The van der Waals surface area contributed by atoms with Crippen molar-refractivity contribution < 1.29 is 31.5 Å². The maximum absolute atomic E-state index is 13.4. The molecule has 0 saturated carbocycles. The lowest BCUT2D eigenvalue weighted by Gasteiger charge is -2.27. The number of halogens is 2. The van der Waals surface area contributed by atoms with Gasteiger partial charge in [-0.2, -0.15) is 0 Å². The molecule has 0 spiro atoms. The lowest BCUT2D eigenvalue weighted by atomic mass is 10.1. The van der Waals surface area contributed by atoms with Crippen LogP contribution in [-0.4, -0.2) is 91.6 Å². The smallest absolute Gasteiger partial charge is 0.255 e.